The number of nitrogens with one attached hydrogen (secondary N) is 1. The maximum Gasteiger partial charge on any atom is 0.261 e. The maximum absolute atomic E-state index is 12.3. The third-order valence-corrected chi connectivity index (χ3v) is 4.53. The summed E-state index contributed by atoms with van der Waals surface area (Å²) in [6.45, 7) is 5.51. The van der Waals surface area contributed by atoms with Crippen molar-refractivity contribution in [1.82, 2.24) is 5.32 Å². The number of carbonyl (C=O) groups excluding carboxylic acids is 1. The SMILES string of the molecule is COCC(C)(C)NC(=O)c1cc(S(=O)(=O)Cl)cc(Cl)c1C. The Hall–Kier alpha value is -0.820. The van der Waals surface area contributed by atoms with Crippen LogP contribution in [0.15, 0.2) is 17.0 Å². The lowest BCUT2D eigenvalue weighted by Gasteiger charge is -2.25. The third-order valence-electron chi connectivity index (χ3n) is 2.80. The van der Waals surface area contributed by atoms with Crippen molar-refractivity contribution >= 4 is 37.2 Å². The average Bonchev–Trinajstić information content (AvgIpc) is 2.29. The van der Waals surface area contributed by atoms with Gasteiger partial charge in [0.05, 0.1) is 17.0 Å². The van der Waals surface area contributed by atoms with Crippen LogP contribution >= 0.6 is 22.3 Å². The molecule has 0 saturated carbocycles. The quantitative estimate of drug-likeness (QED) is 0.826. The van der Waals surface area contributed by atoms with Gasteiger partial charge in [-0.15, -0.1) is 0 Å². The van der Waals surface area contributed by atoms with Crippen molar-refractivity contribution < 1.29 is 17.9 Å². The van der Waals surface area contributed by atoms with Gasteiger partial charge < -0.3 is 10.1 Å². The average molecular weight is 354 g/mol. The summed E-state index contributed by atoms with van der Waals surface area (Å²) in [4.78, 5) is 12.1. The van der Waals surface area contributed by atoms with E-state index in [2.05, 4.69) is 5.32 Å². The van der Waals surface area contributed by atoms with Crippen LogP contribution in [0.5, 0.6) is 0 Å². The number of carbonyl (C=O) groups is 1. The minimum absolute atomic E-state index is 0.158. The monoisotopic (exact) mass is 353 g/mol. The fraction of sp³-hybridized carbons (Fsp3) is 0.462. The van der Waals surface area contributed by atoms with E-state index in [4.69, 9.17) is 27.0 Å². The van der Waals surface area contributed by atoms with Crippen molar-refractivity contribution in [2.75, 3.05) is 13.7 Å². The van der Waals surface area contributed by atoms with Crippen molar-refractivity contribution in [3.8, 4) is 0 Å². The zero-order chi connectivity index (χ0) is 16.4. The predicted octanol–water partition coefficient (Wildman–Crippen LogP) is 2.73. The van der Waals surface area contributed by atoms with Gasteiger partial charge in [0.15, 0.2) is 0 Å². The molecule has 1 aromatic rings. The summed E-state index contributed by atoms with van der Waals surface area (Å²) in [6.07, 6.45) is 0. The van der Waals surface area contributed by atoms with Gasteiger partial charge >= 0.3 is 0 Å². The van der Waals surface area contributed by atoms with Gasteiger partial charge in [0.2, 0.25) is 0 Å². The first kappa shape index (κ1) is 18.2. The minimum Gasteiger partial charge on any atom is -0.382 e. The molecular weight excluding hydrogens is 337 g/mol. The molecule has 0 aliphatic rings. The molecule has 8 heteroatoms. The highest BCUT2D eigenvalue weighted by Gasteiger charge is 2.24. The molecule has 118 valence electrons. The van der Waals surface area contributed by atoms with E-state index in [-0.39, 0.29) is 15.5 Å². The first-order valence-electron chi connectivity index (χ1n) is 6.04. The van der Waals surface area contributed by atoms with E-state index in [0.29, 0.717) is 12.2 Å². The fourth-order valence-electron chi connectivity index (χ4n) is 1.80. The minimum atomic E-state index is -3.97. The lowest BCUT2D eigenvalue weighted by Crippen LogP contribution is -2.47. The summed E-state index contributed by atoms with van der Waals surface area (Å²) in [5.74, 6) is -0.446. The smallest absolute Gasteiger partial charge is 0.261 e. The summed E-state index contributed by atoms with van der Waals surface area (Å²) in [6, 6.07) is 2.43. The predicted molar refractivity (Wildman–Crippen MR) is 82.6 cm³/mol. The molecule has 0 saturated heterocycles. The lowest BCUT2D eigenvalue weighted by molar-refractivity contribution is 0.0819. The van der Waals surface area contributed by atoms with Crippen molar-refractivity contribution in [2.45, 2.75) is 31.2 Å². The van der Waals surface area contributed by atoms with Crippen LogP contribution in [0.2, 0.25) is 5.02 Å². The van der Waals surface area contributed by atoms with Crippen LogP contribution in [0.3, 0.4) is 0 Å². The standard InChI is InChI=1S/C13H17Cl2NO4S/c1-8-10(12(17)16-13(2,3)7-20-4)5-9(6-11(8)14)21(15,18)19/h5-6H,7H2,1-4H3,(H,16,17). The van der Waals surface area contributed by atoms with Gasteiger partial charge in [0.25, 0.3) is 15.0 Å². The molecule has 0 spiro atoms. The highest BCUT2D eigenvalue weighted by Crippen LogP contribution is 2.26. The van der Waals surface area contributed by atoms with Crippen LogP contribution in [-0.4, -0.2) is 33.6 Å². The molecular formula is C13H17Cl2NO4S. The fourth-order valence-corrected chi connectivity index (χ4v) is 2.87. The molecule has 1 N–H and O–H groups in total. The lowest BCUT2D eigenvalue weighted by atomic mass is 10.0. The summed E-state index contributed by atoms with van der Waals surface area (Å²) in [5.41, 5.74) is 0.0259. The number of ether oxygens (including phenoxy) is 1. The van der Waals surface area contributed by atoms with E-state index in [1.165, 1.54) is 19.2 Å². The van der Waals surface area contributed by atoms with Gasteiger partial charge in [0, 0.05) is 28.4 Å². The van der Waals surface area contributed by atoms with Gasteiger partial charge in [-0.05, 0) is 38.5 Å². The summed E-state index contributed by atoms with van der Waals surface area (Å²) in [7, 11) is 2.86. The second-order valence-corrected chi connectivity index (χ2v) is 8.26. The van der Waals surface area contributed by atoms with E-state index in [9.17, 15) is 13.2 Å². The van der Waals surface area contributed by atoms with Crippen LogP contribution in [0.1, 0.15) is 29.8 Å². The van der Waals surface area contributed by atoms with Crippen LogP contribution in [0.25, 0.3) is 0 Å². The Morgan fingerprint density at radius 3 is 2.43 bits per heavy atom. The first-order chi connectivity index (χ1) is 9.48. The van der Waals surface area contributed by atoms with Gasteiger partial charge in [-0.25, -0.2) is 8.42 Å². The Morgan fingerprint density at radius 2 is 1.95 bits per heavy atom. The van der Waals surface area contributed by atoms with Crippen molar-refractivity contribution in [1.29, 1.82) is 0 Å². The third kappa shape index (κ3) is 4.85. The number of hydrogen-bond acceptors (Lipinski definition) is 4. The molecule has 0 aliphatic heterocycles. The summed E-state index contributed by atoms with van der Waals surface area (Å²) in [5, 5.41) is 2.92. The second-order valence-electron chi connectivity index (χ2n) is 5.29. The van der Waals surface area contributed by atoms with E-state index in [1.807, 2.05) is 0 Å². The number of amides is 1. The number of rotatable bonds is 5. The first-order valence-corrected chi connectivity index (χ1v) is 8.73. The number of methoxy groups -OCH3 is 1. The van der Waals surface area contributed by atoms with Gasteiger partial charge in [-0.1, -0.05) is 11.6 Å². The molecule has 0 aliphatic carbocycles. The van der Waals surface area contributed by atoms with Gasteiger partial charge in [-0.3, -0.25) is 4.79 Å². The van der Waals surface area contributed by atoms with Crippen LogP contribution in [-0.2, 0) is 13.8 Å². The molecule has 0 heterocycles. The zero-order valence-electron chi connectivity index (χ0n) is 12.2. The second kappa shape index (κ2) is 6.52. The Balaban J connectivity index is 3.24. The zero-order valence-corrected chi connectivity index (χ0v) is 14.5. The topological polar surface area (TPSA) is 72.5 Å². The number of halogens is 2. The number of benzene rings is 1. The Bertz CT molecular complexity index is 656. The van der Waals surface area contributed by atoms with Crippen LogP contribution in [0, 0.1) is 6.92 Å². The summed E-state index contributed by atoms with van der Waals surface area (Å²) < 4.78 is 27.8. The molecule has 0 radical (unpaired) electrons. The van der Waals surface area contributed by atoms with Crippen molar-refractivity contribution in [3.05, 3.63) is 28.3 Å². The molecule has 0 bridgehead atoms. The molecule has 1 rings (SSSR count). The summed E-state index contributed by atoms with van der Waals surface area (Å²) >= 11 is 5.97. The van der Waals surface area contributed by atoms with E-state index in [1.54, 1.807) is 20.8 Å². The molecule has 0 aromatic heterocycles. The van der Waals surface area contributed by atoms with Crippen LogP contribution in [0.4, 0.5) is 0 Å². The molecule has 5 nitrogen and oxygen atoms in total. The number of hydrogen-bond donors (Lipinski definition) is 1. The molecule has 0 atom stereocenters. The Kier molecular flexibility index (Phi) is 5.66. The van der Waals surface area contributed by atoms with Gasteiger partial charge in [0.1, 0.15) is 0 Å². The molecule has 21 heavy (non-hydrogen) atoms. The van der Waals surface area contributed by atoms with E-state index < -0.39 is 20.5 Å². The largest absolute Gasteiger partial charge is 0.382 e. The maximum atomic E-state index is 12.3. The van der Waals surface area contributed by atoms with Crippen molar-refractivity contribution in [3.63, 3.8) is 0 Å². The van der Waals surface area contributed by atoms with Crippen molar-refractivity contribution in [2.24, 2.45) is 0 Å². The Labute approximate surface area is 134 Å². The van der Waals surface area contributed by atoms with Crippen LogP contribution < -0.4 is 5.32 Å². The molecule has 1 amide bonds. The van der Waals surface area contributed by atoms with E-state index in [0.717, 1.165) is 0 Å². The van der Waals surface area contributed by atoms with Gasteiger partial charge in [-0.2, -0.15) is 0 Å². The molecule has 0 fully saturated rings. The highest BCUT2D eigenvalue weighted by atomic mass is 35.7. The normalized spacial score (nSPS) is 12.3. The molecule has 0 unspecified atom stereocenters. The van der Waals surface area contributed by atoms with E-state index >= 15 is 0 Å². The molecule has 1 aromatic carbocycles. The Morgan fingerprint density at radius 1 is 1.38 bits per heavy atom. The highest BCUT2D eigenvalue weighted by molar-refractivity contribution is 8.13.